The van der Waals surface area contributed by atoms with E-state index in [1.54, 1.807) is 24.2 Å². The summed E-state index contributed by atoms with van der Waals surface area (Å²) in [7, 11) is 0. The number of nitrogens with zero attached hydrogens (tertiary/aromatic N) is 2. The summed E-state index contributed by atoms with van der Waals surface area (Å²) >= 11 is 4.97. The minimum atomic E-state index is 0.968. The first-order chi connectivity index (χ1) is 7.25. The number of halogens is 1. The van der Waals surface area contributed by atoms with E-state index >= 15 is 0 Å². The highest BCUT2D eigenvalue weighted by atomic mass is 79.9. The van der Waals surface area contributed by atoms with Gasteiger partial charge in [0.1, 0.15) is 10.1 Å². The van der Waals surface area contributed by atoms with Crippen molar-refractivity contribution in [3.8, 4) is 0 Å². The molecule has 0 aliphatic carbocycles. The van der Waals surface area contributed by atoms with Crippen LogP contribution in [0.25, 0.3) is 0 Å². The lowest BCUT2D eigenvalue weighted by Crippen LogP contribution is -1.86. The van der Waals surface area contributed by atoms with Gasteiger partial charge in [-0.3, -0.25) is 0 Å². The van der Waals surface area contributed by atoms with Crippen LogP contribution in [0, 0.1) is 6.92 Å². The summed E-state index contributed by atoms with van der Waals surface area (Å²) in [6.07, 6.45) is 3.59. The SMILES string of the molecule is Cc1cc(Br)cnc1Sc1ccccn1. The number of rotatable bonds is 2. The Morgan fingerprint density at radius 2 is 2.13 bits per heavy atom. The van der Waals surface area contributed by atoms with Crippen LogP contribution in [0.15, 0.2) is 51.2 Å². The van der Waals surface area contributed by atoms with Gasteiger partial charge in [0.2, 0.25) is 0 Å². The van der Waals surface area contributed by atoms with E-state index in [0.29, 0.717) is 0 Å². The Kier molecular flexibility index (Phi) is 3.38. The Bertz CT molecular complexity index is 459. The lowest BCUT2D eigenvalue weighted by atomic mass is 10.3. The van der Waals surface area contributed by atoms with Crippen molar-refractivity contribution in [2.45, 2.75) is 17.0 Å². The van der Waals surface area contributed by atoms with Crippen molar-refractivity contribution in [3.05, 3.63) is 46.7 Å². The molecule has 0 aromatic carbocycles. The molecule has 0 spiro atoms. The molecule has 2 aromatic rings. The lowest BCUT2D eigenvalue weighted by molar-refractivity contribution is 1.05. The summed E-state index contributed by atoms with van der Waals surface area (Å²) in [5.41, 5.74) is 1.15. The highest BCUT2D eigenvalue weighted by Crippen LogP contribution is 2.27. The first-order valence-electron chi connectivity index (χ1n) is 4.47. The van der Waals surface area contributed by atoms with Crippen molar-refractivity contribution in [1.29, 1.82) is 0 Å². The van der Waals surface area contributed by atoms with Gasteiger partial charge in [-0.2, -0.15) is 0 Å². The van der Waals surface area contributed by atoms with Crippen LogP contribution in [0.2, 0.25) is 0 Å². The average Bonchev–Trinajstić information content (AvgIpc) is 2.24. The monoisotopic (exact) mass is 280 g/mol. The molecular weight excluding hydrogens is 272 g/mol. The highest BCUT2D eigenvalue weighted by Gasteiger charge is 2.03. The van der Waals surface area contributed by atoms with Crippen LogP contribution in [0.4, 0.5) is 0 Å². The van der Waals surface area contributed by atoms with E-state index in [4.69, 9.17) is 0 Å². The Morgan fingerprint density at radius 3 is 2.80 bits per heavy atom. The molecule has 0 saturated heterocycles. The minimum Gasteiger partial charge on any atom is -0.250 e. The number of aryl methyl sites for hydroxylation is 1. The predicted molar refractivity (Wildman–Crippen MR) is 65.0 cm³/mol. The van der Waals surface area contributed by atoms with E-state index in [9.17, 15) is 0 Å². The molecule has 0 atom stereocenters. The molecule has 4 heteroatoms. The van der Waals surface area contributed by atoms with Gasteiger partial charge >= 0.3 is 0 Å². The smallest absolute Gasteiger partial charge is 0.105 e. The lowest BCUT2D eigenvalue weighted by Gasteiger charge is -2.03. The second-order valence-corrected chi connectivity index (χ2v) is 4.97. The van der Waals surface area contributed by atoms with Gasteiger partial charge in [0.25, 0.3) is 0 Å². The summed E-state index contributed by atoms with van der Waals surface area (Å²) in [5.74, 6) is 0. The van der Waals surface area contributed by atoms with Gasteiger partial charge in [-0.15, -0.1) is 0 Å². The van der Waals surface area contributed by atoms with Crippen LogP contribution in [0.3, 0.4) is 0 Å². The van der Waals surface area contributed by atoms with E-state index in [-0.39, 0.29) is 0 Å². The molecule has 2 nitrogen and oxygen atoms in total. The van der Waals surface area contributed by atoms with Gasteiger partial charge < -0.3 is 0 Å². The first kappa shape index (κ1) is 10.6. The third-order valence-electron chi connectivity index (χ3n) is 1.84. The van der Waals surface area contributed by atoms with Crippen molar-refractivity contribution in [2.24, 2.45) is 0 Å². The maximum Gasteiger partial charge on any atom is 0.105 e. The van der Waals surface area contributed by atoms with Crippen LogP contribution < -0.4 is 0 Å². The van der Waals surface area contributed by atoms with Crippen molar-refractivity contribution >= 4 is 27.7 Å². The van der Waals surface area contributed by atoms with Crippen LogP contribution in [-0.2, 0) is 0 Å². The number of aromatic nitrogens is 2. The molecule has 0 amide bonds. The summed E-state index contributed by atoms with van der Waals surface area (Å²) in [6, 6.07) is 7.92. The van der Waals surface area contributed by atoms with Crippen molar-refractivity contribution in [1.82, 2.24) is 9.97 Å². The second kappa shape index (κ2) is 4.77. The van der Waals surface area contributed by atoms with Crippen LogP contribution in [-0.4, -0.2) is 9.97 Å². The van der Waals surface area contributed by atoms with E-state index in [1.165, 1.54) is 0 Å². The normalized spacial score (nSPS) is 10.3. The molecule has 76 valence electrons. The van der Waals surface area contributed by atoms with Gasteiger partial charge in [-0.05, 0) is 58.4 Å². The summed E-state index contributed by atoms with van der Waals surface area (Å²) in [5, 5.41) is 1.97. The van der Waals surface area contributed by atoms with E-state index in [1.807, 2.05) is 25.1 Å². The third kappa shape index (κ3) is 2.79. The Morgan fingerprint density at radius 1 is 1.27 bits per heavy atom. The molecule has 0 saturated carbocycles. The fraction of sp³-hybridized carbons (Fsp3) is 0.0909. The van der Waals surface area contributed by atoms with Crippen LogP contribution >= 0.6 is 27.7 Å². The summed E-state index contributed by atoms with van der Waals surface area (Å²) < 4.78 is 1.00. The van der Waals surface area contributed by atoms with Crippen LogP contribution in [0.5, 0.6) is 0 Å². The molecule has 2 aromatic heterocycles. The number of hydrogen-bond acceptors (Lipinski definition) is 3. The summed E-state index contributed by atoms with van der Waals surface area (Å²) in [4.78, 5) is 8.60. The number of hydrogen-bond donors (Lipinski definition) is 0. The van der Waals surface area contributed by atoms with Crippen molar-refractivity contribution < 1.29 is 0 Å². The van der Waals surface area contributed by atoms with Gasteiger partial charge in [0.15, 0.2) is 0 Å². The second-order valence-electron chi connectivity index (χ2n) is 3.05. The maximum absolute atomic E-state index is 4.35. The zero-order valence-corrected chi connectivity index (χ0v) is 10.5. The Hall–Kier alpha value is -0.870. The molecule has 0 radical (unpaired) electrons. The van der Waals surface area contributed by atoms with Gasteiger partial charge in [0.05, 0.1) is 0 Å². The Labute approximate surface area is 101 Å². The fourth-order valence-electron chi connectivity index (χ4n) is 1.14. The zero-order chi connectivity index (χ0) is 10.7. The molecule has 0 aliphatic rings. The predicted octanol–water partition coefficient (Wildman–Crippen LogP) is 3.70. The molecule has 2 rings (SSSR count). The third-order valence-corrected chi connectivity index (χ3v) is 3.34. The van der Waals surface area contributed by atoms with Gasteiger partial charge in [-0.1, -0.05) is 6.07 Å². The standard InChI is InChI=1S/C11H9BrN2S/c1-8-6-9(12)7-14-11(8)15-10-4-2-3-5-13-10/h2-7H,1H3. The summed E-state index contributed by atoms with van der Waals surface area (Å²) in [6.45, 7) is 2.04. The quantitative estimate of drug-likeness (QED) is 0.839. The average molecular weight is 281 g/mol. The maximum atomic E-state index is 4.35. The molecule has 0 aliphatic heterocycles. The fourth-order valence-corrected chi connectivity index (χ4v) is 2.37. The molecule has 2 heterocycles. The first-order valence-corrected chi connectivity index (χ1v) is 6.08. The highest BCUT2D eigenvalue weighted by molar-refractivity contribution is 9.10. The number of pyridine rings is 2. The Balaban J connectivity index is 2.25. The van der Waals surface area contributed by atoms with E-state index in [0.717, 1.165) is 20.1 Å². The van der Waals surface area contributed by atoms with Crippen molar-refractivity contribution in [3.63, 3.8) is 0 Å². The van der Waals surface area contributed by atoms with Crippen LogP contribution in [0.1, 0.15) is 5.56 Å². The molecular formula is C11H9BrN2S. The van der Waals surface area contributed by atoms with Crippen molar-refractivity contribution in [2.75, 3.05) is 0 Å². The zero-order valence-electron chi connectivity index (χ0n) is 8.14. The molecule has 0 fully saturated rings. The molecule has 0 N–H and O–H groups in total. The molecule has 15 heavy (non-hydrogen) atoms. The van der Waals surface area contributed by atoms with E-state index in [2.05, 4.69) is 32.0 Å². The topological polar surface area (TPSA) is 25.8 Å². The van der Waals surface area contributed by atoms with Gasteiger partial charge in [-0.25, -0.2) is 9.97 Å². The molecule has 0 unspecified atom stereocenters. The van der Waals surface area contributed by atoms with E-state index < -0.39 is 0 Å². The van der Waals surface area contributed by atoms with Gasteiger partial charge in [0, 0.05) is 16.9 Å². The molecule has 0 bridgehead atoms. The largest absolute Gasteiger partial charge is 0.250 e. The minimum absolute atomic E-state index is 0.968.